The number of carboxylic acids is 1. The van der Waals surface area contributed by atoms with E-state index >= 15 is 0 Å². The van der Waals surface area contributed by atoms with E-state index < -0.39 is 5.97 Å². The van der Waals surface area contributed by atoms with Crippen LogP contribution in [0, 0.1) is 0 Å². The minimum atomic E-state index is -0.963. The first-order valence-corrected chi connectivity index (χ1v) is 7.09. The zero-order valence-electron chi connectivity index (χ0n) is 12.5. The van der Waals surface area contributed by atoms with Crippen molar-refractivity contribution in [2.24, 2.45) is 0 Å². The predicted molar refractivity (Wildman–Crippen MR) is 80.7 cm³/mol. The number of rotatable bonds is 6. The molecule has 0 saturated heterocycles. The molecule has 0 radical (unpaired) electrons. The molecule has 1 aromatic carbocycles. The van der Waals surface area contributed by atoms with E-state index in [1.807, 2.05) is 45.0 Å². The van der Waals surface area contributed by atoms with Gasteiger partial charge >= 0.3 is 5.97 Å². The molecular weight excluding hydrogens is 268 g/mol. The summed E-state index contributed by atoms with van der Waals surface area (Å²) in [6.07, 6.45) is 2.59. The Bertz CT molecular complexity index is 615. The fraction of sp³-hybridized carbons (Fsp3) is 0.375. The molecule has 5 heteroatoms. The van der Waals surface area contributed by atoms with Crippen LogP contribution in [0.15, 0.2) is 30.5 Å². The third-order valence-corrected chi connectivity index (χ3v) is 2.94. The molecule has 0 bridgehead atoms. The van der Waals surface area contributed by atoms with Crippen molar-refractivity contribution in [2.75, 3.05) is 0 Å². The van der Waals surface area contributed by atoms with Gasteiger partial charge in [-0.15, -0.1) is 0 Å². The summed E-state index contributed by atoms with van der Waals surface area (Å²) in [4.78, 5) is 11.3. The highest BCUT2D eigenvalue weighted by molar-refractivity contribution is 5.94. The minimum Gasteiger partial charge on any atom is -0.491 e. The van der Waals surface area contributed by atoms with Gasteiger partial charge in [0.1, 0.15) is 17.0 Å². The first kappa shape index (κ1) is 15.1. The summed E-state index contributed by atoms with van der Waals surface area (Å²) in [6, 6.07) is 7.34. The van der Waals surface area contributed by atoms with Crippen molar-refractivity contribution in [1.82, 2.24) is 9.78 Å². The van der Waals surface area contributed by atoms with Crippen LogP contribution < -0.4 is 4.74 Å². The maximum atomic E-state index is 11.3. The van der Waals surface area contributed by atoms with Gasteiger partial charge in [0, 0.05) is 18.3 Å². The van der Waals surface area contributed by atoms with E-state index in [9.17, 15) is 9.90 Å². The lowest BCUT2D eigenvalue weighted by atomic mass is 10.1. The van der Waals surface area contributed by atoms with Crippen LogP contribution in [-0.4, -0.2) is 27.0 Å². The number of hydrogen-bond donors (Lipinski definition) is 1. The molecule has 0 saturated carbocycles. The summed E-state index contributed by atoms with van der Waals surface area (Å²) in [6.45, 7) is 6.65. The number of hydrogen-bond acceptors (Lipinski definition) is 3. The second kappa shape index (κ2) is 6.43. The van der Waals surface area contributed by atoms with Crippen molar-refractivity contribution in [2.45, 2.75) is 39.8 Å². The lowest BCUT2D eigenvalue weighted by Crippen LogP contribution is -2.05. The van der Waals surface area contributed by atoms with Crippen molar-refractivity contribution in [1.29, 1.82) is 0 Å². The second-order valence-electron chi connectivity index (χ2n) is 5.15. The Morgan fingerprint density at radius 2 is 2.00 bits per heavy atom. The first-order chi connectivity index (χ1) is 10.0. The van der Waals surface area contributed by atoms with Crippen LogP contribution in [0.2, 0.25) is 0 Å². The van der Waals surface area contributed by atoms with E-state index in [-0.39, 0.29) is 11.7 Å². The summed E-state index contributed by atoms with van der Waals surface area (Å²) in [5.74, 6) is -0.200. The molecule has 5 nitrogen and oxygen atoms in total. The Kier molecular flexibility index (Phi) is 4.62. The Morgan fingerprint density at radius 3 is 2.52 bits per heavy atom. The van der Waals surface area contributed by atoms with Gasteiger partial charge in [-0.05, 0) is 44.5 Å². The zero-order valence-corrected chi connectivity index (χ0v) is 12.5. The fourth-order valence-electron chi connectivity index (χ4n) is 2.10. The first-order valence-electron chi connectivity index (χ1n) is 7.09. The number of benzene rings is 1. The average molecular weight is 288 g/mol. The summed E-state index contributed by atoms with van der Waals surface area (Å²) < 4.78 is 7.26. The van der Waals surface area contributed by atoms with E-state index in [2.05, 4.69) is 5.10 Å². The Labute approximate surface area is 124 Å². The minimum absolute atomic E-state index is 0.106. The maximum absolute atomic E-state index is 11.3. The molecule has 1 heterocycles. The summed E-state index contributed by atoms with van der Waals surface area (Å²) >= 11 is 0. The Balaban J connectivity index is 2.34. The van der Waals surface area contributed by atoms with Crippen LogP contribution in [0.4, 0.5) is 0 Å². The molecule has 112 valence electrons. The molecule has 0 unspecified atom stereocenters. The quantitative estimate of drug-likeness (QED) is 0.884. The lowest BCUT2D eigenvalue weighted by Gasteiger charge is -2.09. The summed E-state index contributed by atoms with van der Waals surface area (Å²) in [7, 11) is 0. The number of carboxylic acid groups (broad SMARTS) is 1. The van der Waals surface area contributed by atoms with E-state index in [0.29, 0.717) is 12.2 Å². The maximum Gasteiger partial charge on any atom is 0.339 e. The molecule has 0 aliphatic heterocycles. The van der Waals surface area contributed by atoms with E-state index in [1.165, 1.54) is 0 Å². The Hall–Kier alpha value is -2.30. The molecule has 0 amide bonds. The monoisotopic (exact) mass is 288 g/mol. The number of nitrogens with zero attached hydrogens (tertiary/aromatic N) is 2. The van der Waals surface area contributed by atoms with Crippen molar-refractivity contribution in [3.63, 3.8) is 0 Å². The molecule has 0 aliphatic carbocycles. The number of carbonyl (C=O) groups is 1. The van der Waals surface area contributed by atoms with Gasteiger partial charge in [0.2, 0.25) is 0 Å². The van der Waals surface area contributed by atoms with Gasteiger partial charge in [-0.25, -0.2) is 4.79 Å². The highest BCUT2D eigenvalue weighted by Gasteiger charge is 2.17. The smallest absolute Gasteiger partial charge is 0.339 e. The van der Waals surface area contributed by atoms with Gasteiger partial charge in [0.05, 0.1) is 6.10 Å². The molecule has 0 aliphatic rings. The topological polar surface area (TPSA) is 64.4 Å². The molecule has 0 fully saturated rings. The van der Waals surface area contributed by atoms with Gasteiger partial charge in [-0.2, -0.15) is 5.10 Å². The summed E-state index contributed by atoms with van der Waals surface area (Å²) in [5, 5.41) is 13.7. The van der Waals surface area contributed by atoms with Crippen LogP contribution in [0.25, 0.3) is 11.3 Å². The van der Waals surface area contributed by atoms with Crippen molar-refractivity contribution < 1.29 is 14.6 Å². The van der Waals surface area contributed by atoms with Gasteiger partial charge < -0.3 is 9.84 Å². The second-order valence-corrected chi connectivity index (χ2v) is 5.15. The van der Waals surface area contributed by atoms with Crippen LogP contribution in [-0.2, 0) is 6.54 Å². The molecular formula is C16H20N2O3. The SMILES string of the molecule is CCCn1cc(C(=O)O)c(-c2ccc(OC(C)C)cc2)n1. The fourth-order valence-corrected chi connectivity index (χ4v) is 2.10. The molecule has 1 aromatic heterocycles. The van der Waals surface area contributed by atoms with E-state index in [0.717, 1.165) is 17.7 Å². The van der Waals surface area contributed by atoms with Crippen LogP contribution >= 0.6 is 0 Å². The van der Waals surface area contributed by atoms with Gasteiger partial charge in [0.15, 0.2) is 0 Å². The van der Waals surface area contributed by atoms with Crippen LogP contribution in [0.1, 0.15) is 37.6 Å². The normalized spacial score (nSPS) is 10.9. The molecule has 0 atom stereocenters. The number of ether oxygens (including phenoxy) is 1. The largest absolute Gasteiger partial charge is 0.491 e. The molecule has 2 aromatic rings. The van der Waals surface area contributed by atoms with Gasteiger partial charge in [0.25, 0.3) is 0 Å². The standard InChI is InChI=1S/C16H20N2O3/c1-4-9-18-10-14(16(19)20)15(17-18)12-5-7-13(8-6-12)21-11(2)3/h5-8,10-11H,4,9H2,1-3H3,(H,19,20). The van der Waals surface area contributed by atoms with Crippen LogP contribution in [0.3, 0.4) is 0 Å². The third-order valence-electron chi connectivity index (χ3n) is 2.94. The Morgan fingerprint density at radius 1 is 1.33 bits per heavy atom. The van der Waals surface area contributed by atoms with Crippen molar-refractivity contribution in [3.8, 4) is 17.0 Å². The average Bonchev–Trinajstić information content (AvgIpc) is 2.83. The number of aromatic carboxylic acids is 1. The highest BCUT2D eigenvalue weighted by atomic mass is 16.5. The van der Waals surface area contributed by atoms with E-state index in [4.69, 9.17) is 4.74 Å². The van der Waals surface area contributed by atoms with Crippen LogP contribution in [0.5, 0.6) is 5.75 Å². The lowest BCUT2D eigenvalue weighted by molar-refractivity contribution is 0.0697. The van der Waals surface area contributed by atoms with Crippen molar-refractivity contribution >= 4 is 5.97 Å². The van der Waals surface area contributed by atoms with Gasteiger partial charge in [-0.1, -0.05) is 6.92 Å². The number of aromatic nitrogens is 2. The molecule has 0 spiro atoms. The molecule has 2 rings (SSSR count). The molecule has 1 N–H and O–H groups in total. The van der Waals surface area contributed by atoms with Crippen molar-refractivity contribution in [3.05, 3.63) is 36.0 Å². The number of aryl methyl sites for hydroxylation is 1. The molecule has 21 heavy (non-hydrogen) atoms. The predicted octanol–water partition coefficient (Wildman–Crippen LogP) is 3.45. The highest BCUT2D eigenvalue weighted by Crippen LogP contribution is 2.25. The summed E-state index contributed by atoms with van der Waals surface area (Å²) in [5.41, 5.74) is 1.49. The third kappa shape index (κ3) is 3.62. The zero-order chi connectivity index (χ0) is 15.4. The van der Waals surface area contributed by atoms with Gasteiger partial charge in [-0.3, -0.25) is 4.68 Å². The van der Waals surface area contributed by atoms with E-state index in [1.54, 1.807) is 10.9 Å².